The summed E-state index contributed by atoms with van der Waals surface area (Å²) in [7, 11) is 0. The van der Waals surface area contributed by atoms with Gasteiger partial charge in [0.1, 0.15) is 0 Å². The Balaban J connectivity index is 1.83. The Labute approximate surface area is 64.2 Å². The maximum Gasteiger partial charge on any atom is 0.254 e. The second kappa shape index (κ2) is 1.47. The van der Waals surface area contributed by atoms with Crippen LogP contribution in [-0.4, -0.2) is 18.0 Å². The third kappa shape index (κ3) is 0.632. The largest absolute Gasteiger partial charge is 0.311 e. The van der Waals surface area contributed by atoms with E-state index in [2.05, 4.69) is 5.32 Å². The molecule has 1 nitrogen and oxygen atoms in total. The van der Waals surface area contributed by atoms with Gasteiger partial charge in [0.05, 0.1) is 0 Å². The van der Waals surface area contributed by atoms with Crippen molar-refractivity contribution in [1.29, 1.82) is 0 Å². The zero-order valence-electron chi connectivity index (χ0n) is 6.24. The molecule has 11 heavy (non-hydrogen) atoms. The lowest BCUT2D eigenvalue weighted by molar-refractivity contribution is 0.00526. The van der Waals surface area contributed by atoms with E-state index in [1.165, 1.54) is 0 Å². The topological polar surface area (TPSA) is 12.0 Å². The number of halogens is 2. The van der Waals surface area contributed by atoms with E-state index in [1.807, 2.05) is 0 Å². The molecule has 1 N–H and O–H groups in total. The summed E-state index contributed by atoms with van der Waals surface area (Å²) < 4.78 is 25.7. The van der Waals surface area contributed by atoms with Crippen LogP contribution in [0.4, 0.5) is 8.78 Å². The highest BCUT2D eigenvalue weighted by atomic mass is 19.3. The SMILES string of the molecule is FC1(F)CC12CC1CC(C2)N1. The molecule has 2 atom stereocenters. The third-order valence-electron chi connectivity index (χ3n) is 3.53. The van der Waals surface area contributed by atoms with Crippen molar-refractivity contribution in [3.63, 3.8) is 0 Å². The number of hydrogen-bond acceptors (Lipinski definition) is 1. The van der Waals surface area contributed by atoms with E-state index in [9.17, 15) is 8.78 Å². The maximum absolute atomic E-state index is 12.8. The zero-order valence-corrected chi connectivity index (χ0v) is 6.24. The van der Waals surface area contributed by atoms with Gasteiger partial charge < -0.3 is 5.32 Å². The molecule has 2 aliphatic carbocycles. The van der Waals surface area contributed by atoms with Gasteiger partial charge in [0, 0.05) is 23.9 Å². The Hall–Kier alpha value is -0.180. The van der Waals surface area contributed by atoms with Crippen LogP contribution in [0.3, 0.4) is 0 Å². The van der Waals surface area contributed by atoms with Crippen molar-refractivity contribution in [3.8, 4) is 0 Å². The lowest BCUT2D eigenvalue weighted by Gasteiger charge is -2.47. The number of nitrogens with one attached hydrogen (secondary N) is 1. The highest BCUT2D eigenvalue weighted by Gasteiger charge is 2.73. The number of rotatable bonds is 0. The molecule has 62 valence electrons. The average molecular weight is 159 g/mol. The van der Waals surface area contributed by atoms with E-state index in [1.54, 1.807) is 0 Å². The van der Waals surface area contributed by atoms with Gasteiger partial charge in [0.15, 0.2) is 0 Å². The Bertz CT molecular complexity index is 198. The van der Waals surface area contributed by atoms with E-state index >= 15 is 0 Å². The third-order valence-corrected chi connectivity index (χ3v) is 3.53. The molecule has 2 bridgehead atoms. The van der Waals surface area contributed by atoms with Gasteiger partial charge >= 0.3 is 0 Å². The van der Waals surface area contributed by atoms with Gasteiger partial charge in [-0.25, -0.2) is 8.78 Å². The summed E-state index contributed by atoms with van der Waals surface area (Å²) in [6.45, 7) is 0. The van der Waals surface area contributed by atoms with E-state index in [0.29, 0.717) is 12.1 Å². The predicted molar refractivity (Wildman–Crippen MR) is 36.6 cm³/mol. The molecule has 0 aromatic carbocycles. The smallest absolute Gasteiger partial charge is 0.254 e. The lowest BCUT2D eigenvalue weighted by atomic mass is 9.73. The lowest BCUT2D eigenvalue weighted by Crippen LogP contribution is -2.59. The van der Waals surface area contributed by atoms with Crippen molar-refractivity contribution >= 4 is 0 Å². The van der Waals surface area contributed by atoms with Crippen LogP contribution in [0.15, 0.2) is 0 Å². The van der Waals surface area contributed by atoms with Crippen molar-refractivity contribution < 1.29 is 8.78 Å². The molecule has 4 rings (SSSR count). The highest BCUT2D eigenvalue weighted by molar-refractivity contribution is 5.18. The van der Waals surface area contributed by atoms with E-state index in [-0.39, 0.29) is 6.42 Å². The Kier molecular flexibility index (Phi) is 0.847. The van der Waals surface area contributed by atoms with Gasteiger partial charge in [-0.2, -0.15) is 0 Å². The normalized spacial score (nSPS) is 57.3. The molecule has 0 aromatic heterocycles. The molecule has 0 radical (unpaired) electrons. The fourth-order valence-corrected chi connectivity index (χ4v) is 2.79. The van der Waals surface area contributed by atoms with Gasteiger partial charge in [0.25, 0.3) is 5.92 Å². The summed E-state index contributed by atoms with van der Waals surface area (Å²) in [5.74, 6) is -2.31. The fraction of sp³-hybridized carbons (Fsp3) is 1.00. The summed E-state index contributed by atoms with van der Waals surface area (Å²) in [5, 5.41) is 3.28. The number of alkyl halides is 2. The van der Waals surface area contributed by atoms with Crippen LogP contribution in [0.1, 0.15) is 25.7 Å². The Morgan fingerprint density at radius 1 is 1.18 bits per heavy atom. The van der Waals surface area contributed by atoms with Crippen molar-refractivity contribution in [2.45, 2.75) is 43.7 Å². The molecular weight excluding hydrogens is 148 g/mol. The zero-order chi connectivity index (χ0) is 7.69. The van der Waals surface area contributed by atoms with Crippen LogP contribution in [0.5, 0.6) is 0 Å². The van der Waals surface area contributed by atoms with Crippen molar-refractivity contribution in [3.05, 3.63) is 0 Å². The van der Waals surface area contributed by atoms with Gasteiger partial charge in [-0.1, -0.05) is 0 Å². The maximum atomic E-state index is 12.8. The number of hydrogen-bond donors (Lipinski definition) is 1. The molecule has 2 heterocycles. The first-order chi connectivity index (χ1) is 5.11. The standard InChI is InChI=1S/C8H11F2N/c9-8(10)4-7(8)2-5-1-6(3-7)11-5/h5-6,11H,1-4H2. The second-order valence-electron chi connectivity index (χ2n) is 4.37. The summed E-state index contributed by atoms with van der Waals surface area (Å²) in [4.78, 5) is 0. The van der Waals surface area contributed by atoms with Crippen LogP contribution in [0.25, 0.3) is 0 Å². The molecule has 2 unspecified atom stereocenters. The molecule has 3 heteroatoms. The molecular formula is C8H11F2N. The predicted octanol–water partition coefficient (Wildman–Crippen LogP) is 1.54. The first-order valence-corrected chi connectivity index (χ1v) is 4.25. The molecule has 4 aliphatic rings. The van der Waals surface area contributed by atoms with Crippen molar-refractivity contribution in [2.75, 3.05) is 0 Å². The van der Waals surface area contributed by atoms with Gasteiger partial charge in [-0.3, -0.25) is 0 Å². The van der Waals surface area contributed by atoms with Crippen LogP contribution in [0.2, 0.25) is 0 Å². The van der Waals surface area contributed by atoms with Crippen molar-refractivity contribution in [1.82, 2.24) is 5.32 Å². The van der Waals surface area contributed by atoms with Gasteiger partial charge in [0.2, 0.25) is 0 Å². The quantitative estimate of drug-likeness (QED) is 0.565. The minimum atomic E-state index is -2.31. The summed E-state index contributed by atoms with van der Waals surface area (Å²) in [5.41, 5.74) is -0.550. The minimum Gasteiger partial charge on any atom is -0.311 e. The minimum absolute atomic E-state index is 0.161. The molecule has 0 amide bonds. The van der Waals surface area contributed by atoms with Gasteiger partial charge in [-0.05, 0) is 19.3 Å². The van der Waals surface area contributed by atoms with E-state index < -0.39 is 11.3 Å². The van der Waals surface area contributed by atoms with Crippen LogP contribution < -0.4 is 5.32 Å². The molecule has 2 aliphatic heterocycles. The van der Waals surface area contributed by atoms with Gasteiger partial charge in [-0.15, -0.1) is 0 Å². The monoisotopic (exact) mass is 159 g/mol. The van der Waals surface area contributed by atoms with Crippen LogP contribution in [0, 0.1) is 5.41 Å². The first-order valence-electron chi connectivity index (χ1n) is 4.25. The van der Waals surface area contributed by atoms with E-state index in [4.69, 9.17) is 0 Å². The summed E-state index contributed by atoms with van der Waals surface area (Å²) in [6.07, 6.45) is 2.74. The fourth-order valence-electron chi connectivity index (χ4n) is 2.79. The molecule has 2 saturated carbocycles. The summed E-state index contributed by atoms with van der Waals surface area (Å²) >= 11 is 0. The van der Waals surface area contributed by atoms with E-state index in [0.717, 1.165) is 19.3 Å². The Morgan fingerprint density at radius 2 is 1.64 bits per heavy atom. The molecule has 1 spiro atoms. The first kappa shape index (κ1) is 6.35. The Morgan fingerprint density at radius 3 is 1.91 bits per heavy atom. The average Bonchev–Trinajstić information content (AvgIpc) is 2.29. The van der Waals surface area contributed by atoms with Crippen LogP contribution >= 0.6 is 0 Å². The van der Waals surface area contributed by atoms with Crippen molar-refractivity contribution in [2.24, 2.45) is 5.41 Å². The molecule has 0 aromatic rings. The summed E-state index contributed by atoms with van der Waals surface area (Å²) in [6, 6.07) is 0.837. The second-order valence-corrected chi connectivity index (χ2v) is 4.37. The number of piperidine rings is 1. The highest BCUT2D eigenvalue weighted by Crippen LogP contribution is 2.68. The molecule has 4 fully saturated rings. The molecule has 2 saturated heterocycles. The van der Waals surface area contributed by atoms with Crippen LogP contribution in [-0.2, 0) is 0 Å².